The molecule has 3 aromatic heterocycles. The molecule has 0 aliphatic carbocycles. The van der Waals surface area contributed by atoms with E-state index >= 15 is 0 Å². The van der Waals surface area contributed by atoms with Crippen molar-refractivity contribution in [3.63, 3.8) is 0 Å². The summed E-state index contributed by atoms with van der Waals surface area (Å²) in [4.78, 5) is 5.53. The van der Waals surface area contributed by atoms with Crippen LogP contribution < -0.4 is 0 Å². The van der Waals surface area contributed by atoms with Crippen molar-refractivity contribution in [3.05, 3.63) is 56.9 Å². The number of aryl methyl sites for hydroxylation is 2. The summed E-state index contributed by atoms with van der Waals surface area (Å²) in [5.41, 5.74) is 0. The average molecular weight is 339 g/mol. The molecule has 0 nitrogen and oxygen atoms in total. The van der Waals surface area contributed by atoms with Crippen LogP contribution in [0, 0.1) is 13.8 Å². The van der Waals surface area contributed by atoms with Crippen LogP contribution in [0.3, 0.4) is 0 Å². The van der Waals surface area contributed by atoms with Crippen molar-refractivity contribution in [2.24, 2.45) is 0 Å². The van der Waals surface area contributed by atoms with Gasteiger partial charge in [0, 0.05) is 19.5 Å². The SMILES string of the molecule is CC.CC.Cc1ccc(-c2cccs2)s1.Cc1cccs1. The summed E-state index contributed by atoms with van der Waals surface area (Å²) in [5, 5.41) is 4.19. The molecule has 21 heavy (non-hydrogen) atoms. The predicted octanol–water partition coefficient (Wildman–Crippen LogP) is 7.89. The molecule has 3 heterocycles. The van der Waals surface area contributed by atoms with E-state index in [1.54, 1.807) is 22.7 Å². The van der Waals surface area contributed by atoms with Gasteiger partial charge in [-0.2, -0.15) is 0 Å². The van der Waals surface area contributed by atoms with Crippen molar-refractivity contribution >= 4 is 34.0 Å². The van der Waals surface area contributed by atoms with Crippen LogP contribution in [0.5, 0.6) is 0 Å². The van der Waals surface area contributed by atoms with Gasteiger partial charge in [-0.15, -0.1) is 34.0 Å². The highest BCUT2D eigenvalue weighted by Crippen LogP contribution is 2.30. The predicted molar refractivity (Wildman–Crippen MR) is 104 cm³/mol. The van der Waals surface area contributed by atoms with Gasteiger partial charge in [0.2, 0.25) is 0 Å². The molecule has 0 bridgehead atoms. The van der Waals surface area contributed by atoms with Crippen LogP contribution in [0.4, 0.5) is 0 Å². The van der Waals surface area contributed by atoms with Crippen LogP contribution >= 0.6 is 34.0 Å². The Labute approximate surface area is 142 Å². The highest BCUT2D eigenvalue weighted by molar-refractivity contribution is 7.21. The normalized spacial score (nSPS) is 8.48. The van der Waals surface area contributed by atoms with E-state index in [-0.39, 0.29) is 0 Å². The van der Waals surface area contributed by atoms with Crippen LogP contribution in [0.15, 0.2) is 47.2 Å². The highest BCUT2D eigenvalue weighted by Gasteiger charge is 1.99. The van der Waals surface area contributed by atoms with E-state index in [9.17, 15) is 0 Å². The van der Waals surface area contributed by atoms with Gasteiger partial charge in [-0.1, -0.05) is 39.8 Å². The number of hydrogen-bond donors (Lipinski definition) is 0. The maximum atomic E-state index is 2.19. The summed E-state index contributed by atoms with van der Waals surface area (Å²) in [7, 11) is 0. The lowest BCUT2D eigenvalue weighted by atomic mass is 10.4. The van der Waals surface area contributed by atoms with E-state index in [0.29, 0.717) is 0 Å². The Morgan fingerprint density at radius 2 is 1.24 bits per heavy atom. The fourth-order valence-corrected chi connectivity index (χ4v) is 3.58. The average Bonchev–Trinajstić information content (AvgIpc) is 3.26. The van der Waals surface area contributed by atoms with Gasteiger partial charge in [-0.05, 0) is 48.9 Å². The number of hydrogen-bond acceptors (Lipinski definition) is 3. The first-order valence-electron chi connectivity index (χ1n) is 7.36. The van der Waals surface area contributed by atoms with Crippen molar-refractivity contribution in [3.8, 4) is 9.75 Å². The summed E-state index contributed by atoms with van der Waals surface area (Å²) < 4.78 is 0. The molecule has 0 spiro atoms. The van der Waals surface area contributed by atoms with Gasteiger partial charge in [0.15, 0.2) is 0 Å². The molecule has 0 saturated heterocycles. The lowest BCUT2D eigenvalue weighted by Gasteiger charge is -1.86. The van der Waals surface area contributed by atoms with Gasteiger partial charge in [0.05, 0.1) is 0 Å². The first kappa shape index (κ1) is 20.1. The minimum absolute atomic E-state index is 1.38. The summed E-state index contributed by atoms with van der Waals surface area (Å²) in [6, 6.07) is 12.8. The minimum atomic E-state index is 1.38. The van der Waals surface area contributed by atoms with E-state index in [2.05, 4.69) is 61.0 Å². The maximum Gasteiger partial charge on any atom is 0.0445 e. The van der Waals surface area contributed by atoms with Gasteiger partial charge >= 0.3 is 0 Å². The molecule has 0 atom stereocenters. The second kappa shape index (κ2) is 12.8. The fourth-order valence-electron chi connectivity index (χ4n) is 1.35. The molecule has 3 heteroatoms. The van der Waals surface area contributed by atoms with Crippen LogP contribution in [-0.2, 0) is 0 Å². The van der Waals surface area contributed by atoms with Crippen molar-refractivity contribution < 1.29 is 0 Å². The van der Waals surface area contributed by atoms with Crippen LogP contribution in [0.1, 0.15) is 37.4 Å². The Hall–Kier alpha value is -0.900. The third-order valence-corrected chi connectivity index (χ3v) is 5.04. The first-order chi connectivity index (χ1) is 10.3. The summed E-state index contributed by atoms with van der Waals surface area (Å²) in [5.74, 6) is 0. The fraction of sp³-hybridized carbons (Fsp3) is 0.333. The van der Waals surface area contributed by atoms with Crippen molar-refractivity contribution in [2.75, 3.05) is 0 Å². The Bertz CT molecular complexity index is 531. The van der Waals surface area contributed by atoms with Gasteiger partial charge in [-0.3, -0.25) is 0 Å². The summed E-state index contributed by atoms with van der Waals surface area (Å²) >= 11 is 5.43. The number of rotatable bonds is 1. The Balaban J connectivity index is 0.000000341. The maximum absolute atomic E-state index is 2.19. The highest BCUT2D eigenvalue weighted by atomic mass is 32.1. The van der Waals surface area contributed by atoms with E-state index in [4.69, 9.17) is 0 Å². The monoisotopic (exact) mass is 338 g/mol. The van der Waals surface area contributed by atoms with Crippen molar-refractivity contribution in [1.29, 1.82) is 0 Å². The second-order valence-corrected chi connectivity index (χ2v) is 7.00. The van der Waals surface area contributed by atoms with Gasteiger partial charge in [0.25, 0.3) is 0 Å². The molecule has 0 aliphatic heterocycles. The molecule has 0 radical (unpaired) electrons. The minimum Gasteiger partial charge on any atom is -0.149 e. The van der Waals surface area contributed by atoms with Crippen molar-refractivity contribution in [2.45, 2.75) is 41.5 Å². The molecule has 116 valence electrons. The lowest BCUT2D eigenvalue weighted by Crippen LogP contribution is -1.55. The molecule has 0 aliphatic rings. The van der Waals surface area contributed by atoms with Crippen LogP contribution in [0.2, 0.25) is 0 Å². The molecule has 0 unspecified atom stereocenters. The third kappa shape index (κ3) is 8.20. The Kier molecular flexibility index (Phi) is 12.3. The largest absolute Gasteiger partial charge is 0.149 e. The second-order valence-electron chi connectivity index (χ2n) is 3.61. The van der Waals surface area contributed by atoms with Gasteiger partial charge < -0.3 is 0 Å². The summed E-state index contributed by atoms with van der Waals surface area (Å²) in [6.07, 6.45) is 0. The van der Waals surface area contributed by atoms with E-state index in [0.717, 1.165) is 0 Å². The third-order valence-electron chi connectivity index (χ3n) is 2.17. The Morgan fingerprint density at radius 1 is 0.619 bits per heavy atom. The zero-order valence-electron chi connectivity index (χ0n) is 13.8. The van der Waals surface area contributed by atoms with Gasteiger partial charge in [-0.25, -0.2) is 0 Å². The van der Waals surface area contributed by atoms with Gasteiger partial charge in [0.1, 0.15) is 0 Å². The molecule has 0 amide bonds. The molecular formula is C18H26S3. The Morgan fingerprint density at radius 3 is 1.57 bits per heavy atom. The van der Waals surface area contributed by atoms with E-state index in [1.165, 1.54) is 19.5 Å². The molecule has 0 aromatic carbocycles. The molecular weight excluding hydrogens is 312 g/mol. The summed E-state index contributed by atoms with van der Waals surface area (Å²) in [6.45, 7) is 12.2. The quantitative estimate of drug-likeness (QED) is 0.423. The molecule has 0 fully saturated rings. The first-order valence-corrected chi connectivity index (χ1v) is 9.94. The van der Waals surface area contributed by atoms with Crippen LogP contribution in [0.25, 0.3) is 9.75 Å². The standard InChI is InChI=1S/C9H8S2.C5H6S.2C2H6/c1-7-4-5-9(11-7)8-3-2-6-10-8;1-5-3-2-4-6-5;2*1-2/h2-6H,1H3;2-4H,1H3;2*1-2H3. The van der Waals surface area contributed by atoms with E-state index < -0.39 is 0 Å². The topological polar surface area (TPSA) is 0 Å². The van der Waals surface area contributed by atoms with Crippen LogP contribution in [-0.4, -0.2) is 0 Å². The molecule has 0 saturated carbocycles. The zero-order valence-corrected chi connectivity index (χ0v) is 16.3. The van der Waals surface area contributed by atoms with Crippen molar-refractivity contribution in [1.82, 2.24) is 0 Å². The lowest BCUT2D eigenvalue weighted by molar-refractivity contribution is 1.50. The molecule has 3 aromatic rings. The zero-order chi connectivity index (χ0) is 16.1. The number of thiophene rings is 3. The molecule has 0 N–H and O–H groups in total. The smallest absolute Gasteiger partial charge is 0.0445 e. The molecule has 3 rings (SSSR count). The van der Waals surface area contributed by atoms with E-state index in [1.807, 2.05) is 39.0 Å².